The maximum Gasteiger partial charge on any atom is 0.215 e. The molecule has 0 aliphatic carbocycles. The first kappa shape index (κ1) is 17.0. The number of hydrogen-bond donors (Lipinski definition) is 0. The number of Topliss-reactive ketones (excluding diaryl/α,β-unsaturated/α-hetero) is 1. The second kappa shape index (κ2) is 8.28. The van der Waals surface area contributed by atoms with Crippen molar-refractivity contribution in [2.24, 2.45) is 0 Å². The van der Waals surface area contributed by atoms with Crippen LogP contribution in [0.25, 0.3) is 0 Å². The van der Waals surface area contributed by atoms with Crippen molar-refractivity contribution in [3.63, 3.8) is 0 Å². The summed E-state index contributed by atoms with van der Waals surface area (Å²) in [6, 6.07) is 19.9. The van der Waals surface area contributed by atoms with Gasteiger partial charge in [-0.15, -0.1) is 0 Å². The highest BCUT2D eigenvalue weighted by atomic mass is 79.9. The Bertz CT molecular complexity index is 525. The average Bonchev–Trinajstić information content (AvgIpc) is 2.46. The van der Waals surface area contributed by atoms with Crippen LogP contribution in [0, 0.1) is 0 Å². The van der Waals surface area contributed by atoms with Crippen molar-refractivity contribution in [3.8, 4) is 0 Å². The monoisotopic (exact) mass is 350 g/mol. The van der Waals surface area contributed by atoms with Gasteiger partial charge in [0.1, 0.15) is 0 Å². The van der Waals surface area contributed by atoms with Crippen LogP contribution in [0.3, 0.4) is 0 Å². The molecule has 0 aromatic heterocycles. The molecule has 0 N–H and O–H groups in total. The number of halogens is 1. The molecule has 3 heteroatoms. The molecule has 1 atom stereocenters. The molecule has 2 aromatic rings. The summed E-state index contributed by atoms with van der Waals surface area (Å²) in [5.74, 6) is 0.262. The van der Waals surface area contributed by atoms with E-state index < -0.39 is 0 Å². The quantitative estimate of drug-likeness (QED) is 0.562. The van der Waals surface area contributed by atoms with Crippen LogP contribution in [-0.4, -0.2) is 23.5 Å². The summed E-state index contributed by atoms with van der Waals surface area (Å²) in [7, 11) is 0.0660. The zero-order chi connectivity index (χ0) is 13.7. The number of ketones is 1. The van der Waals surface area contributed by atoms with E-state index in [-0.39, 0.29) is 38.9 Å². The van der Waals surface area contributed by atoms with Crippen LogP contribution >= 0.6 is 0 Å². The predicted octanol–water partition coefficient (Wildman–Crippen LogP) is 0.363. The van der Waals surface area contributed by atoms with E-state index in [1.54, 1.807) is 0 Å². The molecule has 0 radical (unpaired) electrons. The molecule has 0 fully saturated rings. The third-order valence-corrected chi connectivity index (χ3v) is 4.70. The summed E-state index contributed by atoms with van der Waals surface area (Å²) in [5, 5.41) is 0.0739. The minimum Gasteiger partial charge on any atom is -1.00 e. The third kappa shape index (κ3) is 4.50. The van der Waals surface area contributed by atoms with E-state index >= 15 is 0 Å². The first-order valence-corrected chi connectivity index (χ1v) is 8.48. The topological polar surface area (TPSA) is 17.1 Å². The van der Waals surface area contributed by atoms with Crippen LogP contribution in [0.2, 0.25) is 0 Å². The Morgan fingerprint density at radius 1 is 0.950 bits per heavy atom. The lowest BCUT2D eigenvalue weighted by atomic mass is 10.0. The Kier molecular flexibility index (Phi) is 7.03. The van der Waals surface area contributed by atoms with E-state index in [1.807, 2.05) is 48.5 Å². The Morgan fingerprint density at radius 2 is 1.45 bits per heavy atom. The summed E-state index contributed by atoms with van der Waals surface area (Å²) >= 11 is 0. The van der Waals surface area contributed by atoms with Gasteiger partial charge < -0.3 is 17.0 Å². The number of hydrogen-bond acceptors (Lipinski definition) is 1. The fourth-order valence-electron chi connectivity index (χ4n) is 2.09. The van der Waals surface area contributed by atoms with Gasteiger partial charge in [-0.1, -0.05) is 60.7 Å². The van der Waals surface area contributed by atoms with Gasteiger partial charge in [0.2, 0.25) is 5.78 Å². The number of carbonyl (C=O) groups excluding carboxylic acids is 1. The number of rotatable bonds is 5. The van der Waals surface area contributed by atoms with Crippen molar-refractivity contribution in [3.05, 3.63) is 71.8 Å². The van der Waals surface area contributed by atoms with Gasteiger partial charge in [0, 0.05) is 12.0 Å². The molecule has 0 spiro atoms. The summed E-state index contributed by atoms with van der Waals surface area (Å²) in [5.41, 5.74) is 2.06. The van der Waals surface area contributed by atoms with Crippen molar-refractivity contribution in [2.75, 3.05) is 12.5 Å². The average molecular weight is 351 g/mol. The highest BCUT2D eigenvalue weighted by Crippen LogP contribution is 2.15. The molecular weight excluding hydrogens is 332 g/mol. The van der Waals surface area contributed by atoms with Gasteiger partial charge in [0.15, 0.2) is 5.25 Å². The standard InChI is InChI=1S/C17H19OS.BrH/c1-19(2)16(13-14-9-5-3-6-10-14)17(18)15-11-7-4-8-12-15;/h3-12,16H,13H2,1-2H3;1H/q+1;/p-1. The molecule has 0 amide bonds. The normalized spacial score (nSPS) is 11.8. The zero-order valence-corrected chi connectivity index (χ0v) is 14.2. The number of carbonyl (C=O) groups is 1. The Morgan fingerprint density at radius 3 is 1.95 bits per heavy atom. The van der Waals surface area contributed by atoms with Crippen LogP contribution in [0.15, 0.2) is 60.7 Å². The van der Waals surface area contributed by atoms with E-state index in [4.69, 9.17) is 0 Å². The molecule has 0 aliphatic heterocycles. The maximum absolute atomic E-state index is 12.6. The summed E-state index contributed by atoms with van der Waals surface area (Å²) in [6.45, 7) is 0. The lowest BCUT2D eigenvalue weighted by molar-refractivity contribution is -0.0000116. The van der Waals surface area contributed by atoms with Gasteiger partial charge in [-0.3, -0.25) is 4.79 Å². The van der Waals surface area contributed by atoms with Gasteiger partial charge in [-0.25, -0.2) is 0 Å². The van der Waals surface area contributed by atoms with Crippen LogP contribution < -0.4 is 17.0 Å². The summed E-state index contributed by atoms with van der Waals surface area (Å²) < 4.78 is 0. The van der Waals surface area contributed by atoms with Crippen molar-refractivity contribution < 1.29 is 21.8 Å². The van der Waals surface area contributed by atoms with E-state index in [1.165, 1.54) is 5.56 Å². The van der Waals surface area contributed by atoms with Crippen LogP contribution in [0.1, 0.15) is 15.9 Å². The number of benzene rings is 2. The zero-order valence-electron chi connectivity index (χ0n) is 11.8. The smallest absolute Gasteiger partial charge is 0.215 e. The Labute approximate surface area is 134 Å². The molecule has 2 aromatic carbocycles. The molecule has 0 saturated carbocycles. The summed E-state index contributed by atoms with van der Waals surface area (Å²) in [4.78, 5) is 12.6. The molecule has 2 rings (SSSR count). The van der Waals surface area contributed by atoms with Gasteiger partial charge >= 0.3 is 0 Å². The van der Waals surface area contributed by atoms with Gasteiger partial charge in [0.25, 0.3) is 0 Å². The van der Waals surface area contributed by atoms with Crippen molar-refractivity contribution >= 4 is 16.7 Å². The van der Waals surface area contributed by atoms with Crippen molar-refractivity contribution in [1.82, 2.24) is 0 Å². The van der Waals surface area contributed by atoms with Crippen LogP contribution in [0.5, 0.6) is 0 Å². The highest BCUT2D eigenvalue weighted by Gasteiger charge is 2.30. The van der Waals surface area contributed by atoms with Gasteiger partial charge in [-0.05, 0) is 16.5 Å². The maximum atomic E-state index is 12.6. The predicted molar refractivity (Wildman–Crippen MR) is 83.9 cm³/mol. The second-order valence-electron chi connectivity index (χ2n) is 4.79. The molecule has 1 nitrogen and oxygen atoms in total. The van der Waals surface area contributed by atoms with E-state index in [2.05, 4.69) is 24.6 Å². The van der Waals surface area contributed by atoms with Crippen LogP contribution in [-0.2, 0) is 17.3 Å². The third-order valence-electron chi connectivity index (χ3n) is 3.18. The van der Waals surface area contributed by atoms with E-state index in [0.717, 1.165) is 12.0 Å². The molecule has 20 heavy (non-hydrogen) atoms. The molecule has 1 unspecified atom stereocenters. The lowest BCUT2D eigenvalue weighted by Gasteiger charge is -2.13. The van der Waals surface area contributed by atoms with Crippen molar-refractivity contribution in [2.45, 2.75) is 11.7 Å². The molecule has 0 saturated heterocycles. The van der Waals surface area contributed by atoms with E-state index in [0.29, 0.717) is 0 Å². The highest BCUT2D eigenvalue weighted by molar-refractivity contribution is 7.96. The van der Waals surface area contributed by atoms with Crippen molar-refractivity contribution in [1.29, 1.82) is 0 Å². The molecule has 106 valence electrons. The minimum atomic E-state index is 0. The fraction of sp³-hybridized carbons (Fsp3) is 0.235. The van der Waals surface area contributed by atoms with Crippen LogP contribution in [0.4, 0.5) is 0 Å². The molecule has 0 heterocycles. The molecule has 0 aliphatic rings. The second-order valence-corrected chi connectivity index (χ2v) is 7.12. The first-order chi connectivity index (χ1) is 9.18. The SMILES string of the molecule is C[S+](C)C(Cc1ccccc1)C(=O)c1ccccc1.[Br-]. The Hall–Kier alpha value is -1.06. The van der Waals surface area contributed by atoms with Gasteiger partial charge in [-0.2, -0.15) is 0 Å². The minimum absolute atomic E-state index is 0. The lowest BCUT2D eigenvalue weighted by Crippen LogP contribution is -3.00. The fourth-order valence-corrected chi connectivity index (χ4v) is 3.18. The first-order valence-electron chi connectivity index (χ1n) is 6.38. The van der Waals surface area contributed by atoms with E-state index in [9.17, 15) is 4.79 Å². The largest absolute Gasteiger partial charge is 1.00 e. The van der Waals surface area contributed by atoms with Gasteiger partial charge in [0.05, 0.1) is 12.5 Å². The molecule has 0 bridgehead atoms. The Balaban J connectivity index is 0.00000200. The summed E-state index contributed by atoms with van der Waals surface area (Å²) in [6.07, 6.45) is 5.12. The molecular formula is C17H19BrOS.